The monoisotopic (exact) mass is 244 g/mol. The molecule has 0 aromatic heterocycles. The van der Waals surface area contributed by atoms with Crippen molar-refractivity contribution in [1.29, 1.82) is 0 Å². The minimum atomic E-state index is -0.813. The molecule has 0 atom stereocenters. The topological polar surface area (TPSA) is 63.6 Å². The Balaban J connectivity index is 3.26. The zero-order valence-corrected chi connectivity index (χ0v) is 10.9. The third kappa shape index (κ3) is 12.9. The number of hydrogen-bond acceptors (Lipinski definition) is 3. The summed E-state index contributed by atoms with van der Waals surface area (Å²) in [7, 11) is 0. The molecule has 0 aliphatic carbocycles. The van der Waals surface area contributed by atoms with Gasteiger partial charge in [-0.1, -0.05) is 20.3 Å². The summed E-state index contributed by atoms with van der Waals surface area (Å²) in [5, 5.41) is 8.41. The van der Waals surface area contributed by atoms with Crippen LogP contribution in [0.4, 0.5) is 0 Å². The molecule has 0 saturated heterocycles. The quantitative estimate of drug-likeness (QED) is 0.474. The summed E-state index contributed by atoms with van der Waals surface area (Å²) >= 11 is 0. The molecule has 0 fully saturated rings. The van der Waals surface area contributed by atoms with E-state index in [1.165, 1.54) is 0 Å². The van der Waals surface area contributed by atoms with E-state index in [1.807, 2.05) is 0 Å². The average Bonchev–Trinajstić information content (AvgIpc) is 2.23. The second-order valence-electron chi connectivity index (χ2n) is 4.71. The number of hydrogen-bond donors (Lipinski definition) is 1. The van der Waals surface area contributed by atoms with Gasteiger partial charge in [0.25, 0.3) is 0 Å². The fourth-order valence-electron chi connectivity index (χ4n) is 1.46. The normalized spacial score (nSPS) is 10.5. The van der Waals surface area contributed by atoms with Gasteiger partial charge in [0, 0.05) is 12.8 Å². The van der Waals surface area contributed by atoms with Gasteiger partial charge in [0.2, 0.25) is 0 Å². The van der Waals surface area contributed by atoms with Crippen molar-refractivity contribution in [2.24, 2.45) is 5.92 Å². The molecule has 0 spiro atoms. The van der Waals surface area contributed by atoms with E-state index in [-0.39, 0.29) is 12.4 Å². The van der Waals surface area contributed by atoms with Gasteiger partial charge >= 0.3 is 11.9 Å². The van der Waals surface area contributed by atoms with Crippen molar-refractivity contribution in [1.82, 2.24) is 0 Å². The highest BCUT2D eigenvalue weighted by Crippen LogP contribution is 2.07. The van der Waals surface area contributed by atoms with Crippen LogP contribution in [0.5, 0.6) is 0 Å². The maximum Gasteiger partial charge on any atom is 0.305 e. The largest absolute Gasteiger partial charge is 0.481 e. The molecule has 0 saturated carbocycles. The molecule has 1 N–H and O–H groups in total. The van der Waals surface area contributed by atoms with Crippen molar-refractivity contribution < 1.29 is 19.4 Å². The zero-order chi connectivity index (χ0) is 13.1. The van der Waals surface area contributed by atoms with Crippen LogP contribution in [0.3, 0.4) is 0 Å². The molecule has 0 bridgehead atoms. The molecule has 0 aliphatic heterocycles. The Labute approximate surface area is 103 Å². The summed E-state index contributed by atoms with van der Waals surface area (Å²) in [4.78, 5) is 21.4. The molecule has 0 aliphatic rings. The van der Waals surface area contributed by atoms with Crippen molar-refractivity contribution in [3.8, 4) is 0 Å². The SMILES string of the molecule is CC(C)CCCCOC(=O)CCCCC(=O)O. The van der Waals surface area contributed by atoms with Crippen LogP contribution < -0.4 is 0 Å². The average molecular weight is 244 g/mol. The Morgan fingerprint density at radius 3 is 2.29 bits per heavy atom. The van der Waals surface area contributed by atoms with Gasteiger partial charge in [0.05, 0.1) is 6.61 Å². The van der Waals surface area contributed by atoms with Crippen LogP contribution in [0.1, 0.15) is 58.8 Å². The Morgan fingerprint density at radius 1 is 1.06 bits per heavy atom. The molecule has 17 heavy (non-hydrogen) atoms. The smallest absolute Gasteiger partial charge is 0.305 e. The summed E-state index contributed by atoms with van der Waals surface area (Å²) in [6.45, 7) is 4.84. The van der Waals surface area contributed by atoms with Crippen LogP contribution in [0.15, 0.2) is 0 Å². The van der Waals surface area contributed by atoms with Crippen LogP contribution in [0, 0.1) is 5.92 Å². The number of rotatable bonds is 10. The minimum absolute atomic E-state index is 0.127. The van der Waals surface area contributed by atoms with E-state index in [9.17, 15) is 9.59 Å². The molecule has 0 rings (SSSR count). The first-order chi connectivity index (χ1) is 8.02. The second kappa shape index (κ2) is 10.1. The van der Waals surface area contributed by atoms with Gasteiger partial charge in [-0.25, -0.2) is 0 Å². The highest BCUT2D eigenvalue weighted by molar-refractivity contribution is 5.69. The molecule has 4 heteroatoms. The first kappa shape index (κ1) is 15.9. The van der Waals surface area contributed by atoms with Crippen LogP contribution in [-0.4, -0.2) is 23.7 Å². The van der Waals surface area contributed by atoms with E-state index in [4.69, 9.17) is 9.84 Å². The molecule has 0 aromatic rings. The maximum atomic E-state index is 11.2. The standard InChI is InChI=1S/C13H24O4/c1-11(2)7-5-6-10-17-13(16)9-4-3-8-12(14)15/h11H,3-10H2,1-2H3,(H,14,15). The number of carbonyl (C=O) groups excluding carboxylic acids is 1. The fraction of sp³-hybridized carbons (Fsp3) is 0.846. The van der Waals surface area contributed by atoms with E-state index in [2.05, 4.69) is 13.8 Å². The first-order valence-electron chi connectivity index (χ1n) is 6.39. The zero-order valence-electron chi connectivity index (χ0n) is 10.9. The first-order valence-corrected chi connectivity index (χ1v) is 6.39. The lowest BCUT2D eigenvalue weighted by atomic mass is 10.1. The van der Waals surface area contributed by atoms with Crippen LogP contribution >= 0.6 is 0 Å². The van der Waals surface area contributed by atoms with E-state index >= 15 is 0 Å². The maximum absolute atomic E-state index is 11.2. The Kier molecular flexibility index (Phi) is 9.49. The van der Waals surface area contributed by atoms with Crippen molar-refractivity contribution in [3.63, 3.8) is 0 Å². The number of ether oxygens (including phenoxy) is 1. The molecule has 0 unspecified atom stereocenters. The summed E-state index contributed by atoms with van der Waals surface area (Å²) < 4.78 is 5.04. The van der Waals surface area contributed by atoms with E-state index < -0.39 is 5.97 Å². The van der Waals surface area contributed by atoms with Crippen molar-refractivity contribution in [2.75, 3.05) is 6.61 Å². The molecule has 0 aromatic carbocycles. The van der Waals surface area contributed by atoms with Gasteiger partial charge in [-0.3, -0.25) is 9.59 Å². The highest BCUT2D eigenvalue weighted by Gasteiger charge is 2.04. The lowest BCUT2D eigenvalue weighted by molar-refractivity contribution is -0.144. The molecule has 0 heterocycles. The van der Waals surface area contributed by atoms with Gasteiger partial charge in [-0.2, -0.15) is 0 Å². The number of carboxylic acid groups (broad SMARTS) is 1. The third-order valence-electron chi connectivity index (χ3n) is 2.46. The van der Waals surface area contributed by atoms with Crippen LogP contribution in [0.2, 0.25) is 0 Å². The molecule has 4 nitrogen and oxygen atoms in total. The Morgan fingerprint density at radius 2 is 1.71 bits per heavy atom. The lowest BCUT2D eigenvalue weighted by Crippen LogP contribution is -2.06. The number of esters is 1. The summed E-state index contributed by atoms with van der Waals surface area (Å²) in [5.74, 6) is -0.325. The molecular formula is C13H24O4. The molecule has 100 valence electrons. The fourth-order valence-corrected chi connectivity index (χ4v) is 1.46. The van der Waals surface area contributed by atoms with E-state index in [0.717, 1.165) is 19.3 Å². The van der Waals surface area contributed by atoms with Crippen LogP contribution in [0.25, 0.3) is 0 Å². The van der Waals surface area contributed by atoms with Crippen molar-refractivity contribution in [3.05, 3.63) is 0 Å². The van der Waals surface area contributed by atoms with Crippen molar-refractivity contribution >= 4 is 11.9 Å². The van der Waals surface area contributed by atoms with Crippen LogP contribution in [-0.2, 0) is 14.3 Å². The van der Waals surface area contributed by atoms with Gasteiger partial charge < -0.3 is 9.84 Å². The predicted octanol–water partition coefficient (Wildman–Crippen LogP) is 3.00. The van der Waals surface area contributed by atoms with Gasteiger partial charge in [0.1, 0.15) is 0 Å². The van der Waals surface area contributed by atoms with Gasteiger partial charge in [-0.15, -0.1) is 0 Å². The Hall–Kier alpha value is -1.06. The van der Waals surface area contributed by atoms with Gasteiger partial charge in [0.15, 0.2) is 0 Å². The Bertz CT molecular complexity index is 223. The second-order valence-corrected chi connectivity index (χ2v) is 4.71. The predicted molar refractivity (Wildman–Crippen MR) is 65.8 cm³/mol. The summed E-state index contributed by atoms with van der Waals surface area (Å²) in [6, 6.07) is 0. The highest BCUT2D eigenvalue weighted by atomic mass is 16.5. The van der Waals surface area contributed by atoms with Gasteiger partial charge in [-0.05, 0) is 31.6 Å². The third-order valence-corrected chi connectivity index (χ3v) is 2.46. The summed E-state index contributed by atoms with van der Waals surface area (Å²) in [5.41, 5.74) is 0. The minimum Gasteiger partial charge on any atom is -0.481 e. The number of carbonyl (C=O) groups is 2. The van der Waals surface area contributed by atoms with Crippen molar-refractivity contribution in [2.45, 2.75) is 58.8 Å². The van der Waals surface area contributed by atoms with E-state index in [1.54, 1.807) is 0 Å². The summed E-state index contributed by atoms with van der Waals surface area (Å²) in [6.07, 6.45) is 4.76. The molecule has 0 amide bonds. The van der Waals surface area contributed by atoms with E-state index in [0.29, 0.717) is 31.8 Å². The number of unbranched alkanes of at least 4 members (excludes halogenated alkanes) is 2. The molecular weight excluding hydrogens is 220 g/mol. The molecule has 0 radical (unpaired) electrons. The lowest BCUT2D eigenvalue weighted by Gasteiger charge is -2.06. The number of aliphatic carboxylic acids is 1. The number of carboxylic acids is 1.